The predicted octanol–water partition coefficient (Wildman–Crippen LogP) is 2.35. The number of hydrogen-bond donors (Lipinski definition) is 1. The first-order valence-electron chi connectivity index (χ1n) is 6.91. The van der Waals surface area contributed by atoms with Crippen molar-refractivity contribution < 1.29 is 35.5 Å². The highest BCUT2D eigenvalue weighted by Gasteiger charge is 2.36. The third kappa shape index (κ3) is 5.82. The number of ether oxygens (including phenoxy) is 1. The van der Waals surface area contributed by atoms with E-state index in [1.807, 2.05) is 6.07 Å². The second-order valence-corrected chi connectivity index (χ2v) is 6.72. The Morgan fingerprint density at radius 1 is 1.19 bits per heavy atom. The van der Waals surface area contributed by atoms with Crippen molar-refractivity contribution in [3.63, 3.8) is 0 Å². The van der Waals surface area contributed by atoms with Gasteiger partial charge in [0.05, 0.1) is 11.6 Å². The highest BCUT2D eigenvalue weighted by atomic mass is 32.2. The van der Waals surface area contributed by atoms with Gasteiger partial charge in [-0.2, -0.15) is 18.4 Å². The Morgan fingerprint density at radius 3 is 2.42 bits per heavy atom. The summed E-state index contributed by atoms with van der Waals surface area (Å²) in [6, 6.07) is 10.5. The molecule has 0 saturated heterocycles. The molecule has 0 saturated carbocycles. The smallest absolute Gasteiger partial charge is 0.404 e. The van der Waals surface area contributed by atoms with Crippen molar-refractivity contribution >= 4 is 15.9 Å². The summed E-state index contributed by atoms with van der Waals surface area (Å²) < 4.78 is 70.6. The molecule has 0 unspecified atom stereocenters. The SMILES string of the molecule is N#Cc1ccc(OCc2ccc(C(=O)NS(=O)(=O)CC(F)(F)F)o2)cc1. The fourth-order valence-electron chi connectivity index (χ4n) is 1.80. The Kier molecular flexibility index (Phi) is 5.56. The first kappa shape index (κ1) is 19.3. The lowest BCUT2D eigenvalue weighted by Gasteiger charge is -2.08. The summed E-state index contributed by atoms with van der Waals surface area (Å²) in [6.07, 6.45) is -4.98. The number of carbonyl (C=O) groups is 1. The van der Waals surface area contributed by atoms with E-state index in [0.29, 0.717) is 11.3 Å². The largest absolute Gasteiger partial charge is 0.486 e. The van der Waals surface area contributed by atoms with Gasteiger partial charge in [0.15, 0.2) is 11.5 Å². The molecule has 0 spiro atoms. The number of nitrogens with one attached hydrogen (secondary N) is 1. The van der Waals surface area contributed by atoms with E-state index in [-0.39, 0.29) is 12.4 Å². The van der Waals surface area contributed by atoms with Gasteiger partial charge in [-0.05, 0) is 36.4 Å². The molecule has 0 aliphatic rings. The van der Waals surface area contributed by atoms with Crippen molar-refractivity contribution in [3.8, 4) is 11.8 Å². The molecule has 11 heteroatoms. The standard InChI is InChI=1S/C15H11F3N2O5S/c16-15(17,18)9-26(22,23)20-14(21)13-6-5-12(25-13)8-24-11-3-1-10(7-19)2-4-11/h1-6H,8-9H2,(H,20,21). The number of carbonyl (C=O) groups excluding carboxylic acids is 1. The van der Waals surface area contributed by atoms with Gasteiger partial charge in [0, 0.05) is 0 Å². The van der Waals surface area contributed by atoms with E-state index in [1.165, 1.54) is 22.9 Å². The van der Waals surface area contributed by atoms with E-state index in [4.69, 9.17) is 14.4 Å². The highest BCUT2D eigenvalue weighted by molar-refractivity contribution is 7.90. The van der Waals surface area contributed by atoms with Crippen LogP contribution in [0.2, 0.25) is 0 Å². The molecular weight excluding hydrogens is 377 g/mol. The summed E-state index contributed by atoms with van der Waals surface area (Å²) in [5.41, 5.74) is 0.439. The van der Waals surface area contributed by atoms with Crippen molar-refractivity contribution in [3.05, 3.63) is 53.5 Å². The number of hydrogen-bond acceptors (Lipinski definition) is 6. The lowest BCUT2D eigenvalue weighted by atomic mass is 10.2. The number of nitrogens with zero attached hydrogens (tertiary/aromatic N) is 1. The van der Waals surface area contributed by atoms with Gasteiger partial charge in [0.2, 0.25) is 10.0 Å². The normalized spacial score (nSPS) is 11.6. The molecule has 0 radical (unpaired) electrons. The Hall–Kier alpha value is -3.00. The van der Waals surface area contributed by atoms with Crippen LogP contribution in [0.25, 0.3) is 0 Å². The van der Waals surface area contributed by atoms with Gasteiger partial charge in [0.25, 0.3) is 5.91 Å². The monoisotopic (exact) mass is 388 g/mol. The minimum Gasteiger partial charge on any atom is -0.486 e. The van der Waals surface area contributed by atoms with Crippen LogP contribution in [0.4, 0.5) is 13.2 Å². The van der Waals surface area contributed by atoms with Crippen LogP contribution in [0.15, 0.2) is 40.8 Å². The van der Waals surface area contributed by atoms with Crippen molar-refractivity contribution in [2.45, 2.75) is 12.8 Å². The van der Waals surface area contributed by atoms with E-state index in [9.17, 15) is 26.4 Å². The number of nitriles is 1. The molecule has 1 N–H and O–H groups in total. The molecule has 1 aromatic carbocycles. The molecule has 2 rings (SSSR count). The van der Waals surface area contributed by atoms with Crippen molar-refractivity contribution in [1.82, 2.24) is 4.72 Å². The quantitative estimate of drug-likeness (QED) is 0.814. The lowest BCUT2D eigenvalue weighted by molar-refractivity contribution is -0.106. The van der Waals surface area contributed by atoms with E-state index in [1.54, 1.807) is 12.1 Å². The number of benzene rings is 1. The average molecular weight is 388 g/mol. The molecule has 7 nitrogen and oxygen atoms in total. The summed E-state index contributed by atoms with van der Waals surface area (Å²) >= 11 is 0. The Balaban J connectivity index is 1.96. The van der Waals surface area contributed by atoms with E-state index in [2.05, 4.69) is 0 Å². The number of sulfonamides is 1. The van der Waals surface area contributed by atoms with Crippen LogP contribution in [0.3, 0.4) is 0 Å². The van der Waals surface area contributed by atoms with E-state index >= 15 is 0 Å². The van der Waals surface area contributed by atoms with Gasteiger partial charge in [-0.15, -0.1) is 0 Å². The van der Waals surface area contributed by atoms with E-state index in [0.717, 1.165) is 6.07 Å². The molecule has 0 aliphatic carbocycles. The molecular formula is C15H11F3N2O5S. The fourth-order valence-corrected chi connectivity index (χ4v) is 2.69. The molecule has 138 valence electrons. The first-order valence-corrected chi connectivity index (χ1v) is 8.56. The van der Waals surface area contributed by atoms with Crippen molar-refractivity contribution in [1.29, 1.82) is 5.26 Å². The summed E-state index contributed by atoms with van der Waals surface area (Å²) in [6.45, 7) is -0.117. The fraction of sp³-hybridized carbons (Fsp3) is 0.200. The zero-order chi connectivity index (χ0) is 19.4. The molecule has 0 fully saturated rings. The van der Waals surface area contributed by atoms with Gasteiger partial charge < -0.3 is 9.15 Å². The third-order valence-electron chi connectivity index (χ3n) is 2.85. The Morgan fingerprint density at radius 2 is 1.85 bits per heavy atom. The van der Waals surface area contributed by atoms with Crippen LogP contribution in [-0.2, 0) is 16.6 Å². The number of alkyl halides is 3. The van der Waals surface area contributed by atoms with Crippen LogP contribution in [0, 0.1) is 11.3 Å². The molecule has 0 bridgehead atoms. The summed E-state index contributed by atoms with van der Waals surface area (Å²) in [7, 11) is -4.88. The molecule has 1 amide bonds. The lowest BCUT2D eigenvalue weighted by Crippen LogP contribution is -2.37. The zero-order valence-electron chi connectivity index (χ0n) is 12.9. The minimum atomic E-state index is -4.98. The maximum absolute atomic E-state index is 12.1. The summed E-state index contributed by atoms with van der Waals surface area (Å²) in [5.74, 6) is -3.42. The van der Waals surface area contributed by atoms with Crippen LogP contribution in [-0.4, -0.2) is 26.3 Å². The van der Waals surface area contributed by atoms with Gasteiger partial charge in [-0.1, -0.05) is 0 Å². The molecule has 0 aliphatic heterocycles. The molecule has 0 atom stereocenters. The van der Waals surface area contributed by atoms with Gasteiger partial charge in [0.1, 0.15) is 18.1 Å². The maximum Gasteiger partial charge on any atom is 0.404 e. The van der Waals surface area contributed by atoms with E-state index < -0.39 is 33.6 Å². The minimum absolute atomic E-state index is 0.117. The highest BCUT2D eigenvalue weighted by Crippen LogP contribution is 2.18. The summed E-state index contributed by atoms with van der Waals surface area (Å²) in [5, 5.41) is 8.69. The third-order valence-corrected chi connectivity index (χ3v) is 4.06. The molecule has 26 heavy (non-hydrogen) atoms. The molecule has 2 aromatic rings. The van der Waals surface area contributed by atoms with Gasteiger partial charge in [-0.3, -0.25) is 4.79 Å². The molecule has 1 aromatic heterocycles. The number of rotatable bonds is 6. The van der Waals surface area contributed by atoms with Crippen LogP contribution < -0.4 is 9.46 Å². The van der Waals surface area contributed by atoms with Crippen LogP contribution in [0.5, 0.6) is 5.75 Å². The topological polar surface area (TPSA) is 109 Å². The Bertz CT molecular complexity index is 927. The summed E-state index contributed by atoms with van der Waals surface area (Å²) in [4.78, 5) is 11.7. The molecule has 1 heterocycles. The average Bonchev–Trinajstić information content (AvgIpc) is 2.99. The first-order chi connectivity index (χ1) is 12.1. The second kappa shape index (κ2) is 7.49. The predicted molar refractivity (Wildman–Crippen MR) is 81.5 cm³/mol. The van der Waals surface area contributed by atoms with Gasteiger partial charge >= 0.3 is 6.18 Å². The Labute approximate surface area is 146 Å². The van der Waals surface area contributed by atoms with Crippen LogP contribution >= 0.6 is 0 Å². The second-order valence-electron chi connectivity index (χ2n) is 5.00. The zero-order valence-corrected chi connectivity index (χ0v) is 13.7. The van der Waals surface area contributed by atoms with Crippen molar-refractivity contribution in [2.24, 2.45) is 0 Å². The van der Waals surface area contributed by atoms with Gasteiger partial charge in [-0.25, -0.2) is 13.1 Å². The number of amides is 1. The number of furan rings is 1. The number of halogens is 3. The maximum atomic E-state index is 12.1. The van der Waals surface area contributed by atoms with Crippen molar-refractivity contribution in [2.75, 3.05) is 5.75 Å². The van der Waals surface area contributed by atoms with Crippen LogP contribution in [0.1, 0.15) is 21.9 Å².